The van der Waals surface area contributed by atoms with Gasteiger partial charge in [-0.05, 0) is 0 Å². The van der Waals surface area contributed by atoms with E-state index in [9.17, 15) is 56.2 Å². The molecule has 11 N–H and O–H groups in total. The molecule has 16 nitrogen and oxygen atoms in total. The Morgan fingerprint density at radius 2 is 1.06 bits per heavy atom. The fourth-order valence-corrected chi connectivity index (χ4v) is 4.23. The van der Waals surface area contributed by atoms with E-state index >= 15 is 0 Å². The first-order chi connectivity index (χ1) is 16.5. The molecule has 16 heteroatoms. The minimum Gasteiger partial charge on any atom is -0.396 e. The van der Waals surface area contributed by atoms with E-state index in [4.69, 9.17) is 23.7 Å². The second kappa shape index (κ2) is 12.3. The van der Waals surface area contributed by atoms with Crippen molar-refractivity contribution in [2.24, 2.45) is 5.92 Å². The molecule has 3 saturated heterocycles. The van der Waals surface area contributed by atoms with Gasteiger partial charge in [-0.15, -0.1) is 0 Å². The van der Waals surface area contributed by atoms with E-state index in [1.165, 1.54) is 0 Å². The molecule has 15 atom stereocenters. The standard InChI is InChI=1S/C19H34O16/c20-1-5-4-31-17(30)12(27)10(25)15(5)34-19-14(29)11(26)16(7(3-22)33-19)35-18-13(28)9(24)8(23)6(2-21)32-18/h5-30H,1-4H2/t5?,6?,7?,8-,9+,10?,11?,12?,13?,14?,15-,16-,17-,18+,19+/m1/s1. The molecule has 3 fully saturated rings. The smallest absolute Gasteiger partial charge is 0.187 e. The fraction of sp³-hybridized carbons (Fsp3) is 1.00. The van der Waals surface area contributed by atoms with Crippen molar-refractivity contribution in [3.8, 4) is 0 Å². The molecule has 3 aliphatic heterocycles. The average molecular weight is 518 g/mol. The summed E-state index contributed by atoms with van der Waals surface area (Å²) < 4.78 is 26.6. The van der Waals surface area contributed by atoms with Gasteiger partial charge in [-0.2, -0.15) is 0 Å². The summed E-state index contributed by atoms with van der Waals surface area (Å²) in [6.07, 6.45) is -23.6. The molecule has 0 saturated carbocycles. The SMILES string of the molecule is OCC1CO[C@@H](O)C(O)C(O)[C@@H]1O[C@@H]1OC(CO)[C@@H](O[C@@H]2OC(CO)[C@@H](O)[C@H](O)C2O)C(O)C1O. The molecule has 0 amide bonds. The van der Waals surface area contributed by atoms with Crippen LogP contribution in [-0.4, -0.2) is 169 Å². The highest BCUT2D eigenvalue weighted by molar-refractivity contribution is 4.95. The van der Waals surface area contributed by atoms with Crippen LogP contribution in [0.4, 0.5) is 0 Å². The first kappa shape index (κ1) is 28.9. The first-order valence-corrected chi connectivity index (χ1v) is 11.1. The van der Waals surface area contributed by atoms with Gasteiger partial charge in [0.1, 0.15) is 61.0 Å². The Balaban J connectivity index is 1.73. The molecule has 3 aliphatic rings. The van der Waals surface area contributed by atoms with Crippen molar-refractivity contribution in [1.29, 1.82) is 0 Å². The van der Waals surface area contributed by atoms with Crippen molar-refractivity contribution >= 4 is 0 Å². The molecule has 35 heavy (non-hydrogen) atoms. The molecule has 3 heterocycles. The van der Waals surface area contributed by atoms with Crippen LogP contribution < -0.4 is 0 Å². The van der Waals surface area contributed by atoms with Gasteiger partial charge in [0.2, 0.25) is 0 Å². The van der Waals surface area contributed by atoms with Crippen molar-refractivity contribution in [2.75, 3.05) is 26.4 Å². The zero-order valence-electron chi connectivity index (χ0n) is 18.4. The molecule has 0 aromatic carbocycles. The highest BCUT2D eigenvalue weighted by Crippen LogP contribution is 2.32. The highest BCUT2D eigenvalue weighted by atomic mass is 16.7. The molecule has 0 spiro atoms. The lowest BCUT2D eigenvalue weighted by Crippen LogP contribution is -2.65. The fourth-order valence-electron chi connectivity index (χ4n) is 4.23. The molecule has 8 unspecified atom stereocenters. The van der Waals surface area contributed by atoms with Crippen LogP contribution in [0.15, 0.2) is 0 Å². The Kier molecular flexibility index (Phi) is 10.1. The average Bonchev–Trinajstić information content (AvgIpc) is 2.95. The second-order valence-electron chi connectivity index (χ2n) is 8.75. The summed E-state index contributed by atoms with van der Waals surface area (Å²) in [6, 6.07) is 0. The Hall–Kier alpha value is -0.640. The summed E-state index contributed by atoms with van der Waals surface area (Å²) in [4.78, 5) is 0. The lowest BCUT2D eigenvalue weighted by atomic mass is 9.95. The molecule has 206 valence electrons. The minimum atomic E-state index is -1.90. The van der Waals surface area contributed by atoms with Crippen LogP contribution in [-0.2, 0) is 23.7 Å². The van der Waals surface area contributed by atoms with E-state index < -0.39 is 112 Å². The van der Waals surface area contributed by atoms with Gasteiger partial charge >= 0.3 is 0 Å². The largest absolute Gasteiger partial charge is 0.396 e. The maximum atomic E-state index is 10.7. The van der Waals surface area contributed by atoms with Crippen LogP contribution in [0.25, 0.3) is 0 Å². The molecule has 0 aromatic heterocycles. The van der Waals surface area contributed by atoms with Crippen LogP contribution in [0.2, 0.25) is 0 Å². The number of hydrogen-bond acceptors (Lipinski definition) is 16. The number of aliphatic hydroxyl groups is 11. The van der Waals surface area contributed by atoms with E-state index in [0.29, 0.717) is 0 Å². The lowest BCUT2D eigenvalue weighted by Gasteiger charge is -2.46. The van der Waals surface area contributed by atoms with Crippen molar-refractivity contribution in [2.45, 2.75) is 86.0 Å². The molecule has 0 aromatic rings. The van der Waals surface area contributed by atoms with Gasteiger partial charge in [-0.3, -0.25) is 0 Å². The molecular formula is C19H34O16. The van der Waals surface area contributed by atoms with Gasteiger partial charge in [-0.25, -0.2) is 0 Å². The Bertz CT molecular complexity index is 652. The summed E-state index contributed by atoms with van der Waals surface area (Å²) in [7, 11) is 0. The van der Waals surface area contributed by atoms with Gasteiger partial charge < -0.3 is 79.9 Å². The molecule has 0 aliphatic carbocycles. The Morgan fingerprint density at radius 3 is 1.63 bits per heavy atom. The second-order valence-corrected chi connectivity index (χ2v) is 8.75. The van der Waals surface area contributed by atoms with Crippen molar-refractivity contribution < 1.29 is 79.9 Å². The number of aliphatic hydroxyl groups excluding tert-OH is 11. The van der Waals surface area contributed by atoms with Crippen LogP contribution in [0, 0.1) is 5.92 Å². The van der Waals surface area contributed by atoms with Crippen LogP contribution >= 0.6 is 0 Å². The molecule has 0 bridgehead atoms. The van der Waals surface area contributed by atoms with Crippen molar-refractivity contribution in [3.63, 3.8) is 0 Å². The van der Waals surface area contributed by atoms with Crippen molar-refractivity contribution in [3.05, 3.63) is 0 Å². The Labute approximate surface area is 199 Å². The van der Waals surface area contributed by atoms with E-state index in [-0.39, 0.29) is 6.61 Å². The zero-order chi connectivity index (χ0) is 26.0. The van der Waals surface area contributed by atoms with Gasteiger partial charge in [0.25, 0.3) is 0 Å². The number of ether oxygens (including phenoxy) is 5. The molecular weight excluding hydrogens is 484 g/mol. The van der Waals surface area contributed by atoms with E-state index in [1.807, 2.05) is 0 Å². The summed E-state index contributed by atoms with van der Waals surface area (Å²) in [5.74, 6) is -0.986. The normalized spacial score (nSPS) is 51.7. The number of rotatable bonds is 7. The van der Waals surface area contributed by atoms with E-state index in [1.54, 1.807) is 0 Å². The third-order valence-electron chi connectivity index (χ3n) is 6.41. The predicted molar refractivity (Wildman–Crippen MR) is 106 cm³/mol. The first-order valence-electron chi connectivity index (χ1n) is 11.1. The van der Waals surface area contributed by atoms with Crippen LogP contribution in [0.1, 0.15) is 0 Å². The topological polar surface area (TPSA) is 269 Å². The summed E-state index contributed by atoms with van der Waals surface area (Å²) >= 11 is 0. The van der Waals surface area contributed by atoms with Gasteiger partial charge in [0, 0.05) is 5.92 Å². The summed E-state index contributed by atoms with van der Waals surface area (Å²) in [5.41, 5.74) is 0. The molecule has 0 radical (unpaired) electrons. The minimum absolute atomic E-state index is 0.339. The Morgan fingerprint density at radius 1 is 0.543 bits per heavy atom. The van der Waals surface area contributed by atoms with Crippen molar-refractivity contribution in [1.82, 2.24) is 0 Å². The third kappa shape index (κ3) is 5.93. The summed E-state index contributed by atoms with van der Waals surface area (Å²) in [5, 5.41) is 110. The lowest BCUT2D eigenvalue weighted by molar-refractivity contribution is -0.366. The summed E-state index contributed by atoms with van der Waals surface area (Å²) in [6.45, 7) is -2.50. The highest BCUT2D eigenvalue weighted by Gasteiger charge is 2.52. The number of hydrogen-bond donors (Lipinski definition) is 11. The predicted octanol–water partition coefficient (Wildman–Crippen LogP) is -7.33. The maximum Gasteiger partial charge on any atom is 0.187 e. The third-order valence-corrected chi connectivity index (χ3v) is 6.41. The zero-order valence-corrected chi connectivity index (χ0v) is 18.4. The van der Waals surface area contributed by atoms with Gasteiger partial charge in [0.15, 0.2) is 18.9 Å². The monoisotopic (exact) mass is 518 g/mol. The quantitative estimate of drug-likeness (QED) is 0.149. The van der Waals surface area contributed by atoms with E-state index in [0.717, 1.165) is 0 Å². The van der Waals surface area contributed by atoms with Crippen LogP contribution in [0.5, 0.6) is 0 Å². The maximum absolute atomic E-state index is 10.7. The molecule has 3 rings (SSSR count). The van der Waals surface area contributed by atoms with E-state index in [2.05, 4.69) is 0 Å². The van der Waals surface area contributed by atoms with Crippen LogP contribution in [0.3, 0.4) is 0 Å². The van der Waals surface area contributed by atoms with Gasteiger partial charge in [-0.1, -0.05) is 0 Å². The van der Waals surface area contributed by atoms with Gasteiger partial charge in [0.05, 0.1) is 32.5 Å².